The molecule has 3 aromatic rings. The maximum Gasteiger partial charge on any atom is 0.196 e. The van der Waals surface area contributed by atoms with E-state index < -0.39 is 0 Å². The number of aryl methyl sites for hydroxylation is 1. The molecule has 0 saturated heterocycles. The lowest BCUT2D eigenvalue weighted by Crippen LogP contribution is -2.01. The summed E-state index contributed by atoms with van der Waals surface area (Å²) in [6, 6.07) is 15.4. The average molecular weight is 468 g/mol. The number of thiazole rings is 1. The number of hydrazone groups is 1. The molecule has 0 radical (unpaired) electrons. The third kappa shape index (κ3) is 4.83. The summed E-state index contributed by atoms with van der Waals surface area (Å²) in [7, 11) is 0. The van der Waals surface area contributed by atoms with Crippen LogP contribution in [0.4, 0.5) is 5.69 Å². The molecule has 4 nitrogen and oxygen atoms in total. The van der Waals surface area contributed by atoms with Crippen molar-refractivity contribution in [3.05, 3.63) is 67.9 Å². The molecule has 1 aromatic heterocycles. The van der Waals surface area contributed by atoms with Crippen molar-refractivity contribution in [3.63, 3.8) is 0 Å². The molecule has 0 aliphatic carbocycles. The van der Waals surface area contributed by atoms with Crippen molar-refractivity contribution in [1.29, 1.82) is 5.26 Å². The van der Waals surface area contributed by atoms with Gasteiger partial charge in [-0.3, -0.25) is 5.43 Å². The number of anilines is 1. The Balaban J connectivity index is 0.00000243. The van der Waals surface area contributed by atoms with Gasteiger partial charge < -0.3 is 0 Å². The second kappa shape index (κ2) is 9.15. The Morgan fingerprint density at radius 1 is 1.27 bits per heavy atom. The second-order valence-corrected chi connectivity index (χ2v) is 7.39. The molecule has 3 rings (SSSR count). The summed E-state index contributed by atoms with van der Waals surface area (Å²) in [6.07, 6.45) is 0. The van der Waals surface area contributed by atoms with Gasteiger partial charge in [0.15, 0.2) is 10.7 Å². The van der Waals surface area contributed by atoms with E-state index in [-0.39, 0.29) is 18.1 Å². The summed E-state index contributed by atoms with van der Waals surface area (Å²) in [5.41, 5.74) is 6.54. The molecule has 1 heterocycles. The van der Waals surface area contributed by atoms with Crippen LogP contribution in [0.2, 0.25) is 5.02 Å². The molecule has 0 bridgehead atoms. The summed E-state index contributed by atoms with van der Waals surface area (Å²) in [4.78, 5) is 4.50. The first-order valence-electron chi connectivity index (χ1n) is 7.28. The van der Waals surface area contributed by atoms with Crippen LogP contribution in [0, 0.1) is 18.3 Å². The van der Waals surface area contributed by atoms with Crippen LogP contribution in [0.3, 0.4) is 0 Å². The first-order valence-corrected chi connectivity index (χ1v) is 9.33. The predicted octanol–water partition coefficient (Wildman–Crippen LogP) is 6.30. The van der Waals surface area contributed by atoms with Gasteiger partial charge in [0.25, 0.3) is 0 Å². The van der Waals surface area contributed by atoms with Crippen molar-refractivity contribution >= 4 is 62.7 Å². The first-order chi connectivity index (χ1) is 12.1. The maximum absolute atomic E-state index is 9.38. The predicted molar refractivity (Wildman–Crippen MR) is 114 cm³/mol. The van der Waals surface area contributed by atoms with E-state index in [1.165, 1.54) is 11.3 Å². The van der Waals surface area contributed by atoms with Crippen LogP contribution < -0.4 is 5.43 Å². The highest BCUT2D eigenvalue weighted by Gasteiger charge is 2.12. The van der Waals surface area contributed by atoms with Crippen molar-refractivity contribution < 1.29 is 0 Å². The first kappa shape index (κ1) is 20.4. The number of aromatic nitrogens is 1. The Bertz CT molecular complexity index is 978. The smallest absolute Gasteiger partial charge is 0.196 e. The molecule has 0 unspecified atom stereocenters. The molecule has 2 aromatic carbocycles. The number of halogens is 3. The Morgan fingerprint density at radius 2 is 2.00 bits per heavy atom. The van der Waals surface area contributed by atoms with Gasteiger partial charge in [-0.25, -0.2) is 4.98 Å². The summed E-state index contributed by atoms with van der Waals surface area (Å²) in [5.74, 6) is 0. The van der Waals surface area contributed by atoms with E-state index >= 15 is 0 Å². The number of rotatable bonds is 4. The van der Waals surface area contributed by atoms with Crippen molar-refractivity contribution in [1.82, 2.24) is 4.98 Å². The minimum absolute atomic E-state index is 0. The van der Waals surface area contributed by atoms with Gasteiger partial charge in [-0.1, -0.05) is 39.7 Å². The highest BCUT2D eigenvalue weighted by molar-refractivity contribution is 9.10. The zero-order valence-electron chi connectivity index (χ0n) is 13.5. The molecular weight excluding hydrogens is 455 g/mol. The van der Waals surface area contributed by atoms with Gasteiger partial charge >= 0.3 is 0 Å². The molecule has 0 aliphatic rings. The van der Waals surface area contributed by atoms with Gasteiger partial charge in [-0.15, -0.1) is 23.7 Å². The fourth-order valence-electron chi connectivity index (χ4n) is 2.10. The standard InChI is InChI=1S/C18H12BrClN4S.ClH/c1-11-2-7-14(15(20)8-11)17-10-25-18(22-17)16(9-21)24-23-13-5-3-12(19)4-6-13;/h2-8,10,23H,1H3;1H. The number of benzene rings is 2. The molecule has 0 aliphatic heterocycles. The fraction of sp³-hybridized carbons (Fsp3) is 0.0556. The number of nitrogens with zero attached hydrogens (tertiary/aromatic N) is 3. The van der Waals surface area contributed by atoms with Gasteiger partial charge in [0, 0.05) is 15.4 Å². The van der Waals surface area contributed by atoms with Crippen LogP contribution in [0.1, 0.15) is 10.6 Å². The zero-order valence-corrected chi connectivity index (χ0v) is 17.5. The Hall–Kier alpha value is -1.91. The maximum atomic E-state index is 9.38. The highest BCUT2D eigenvalue weighted by atomic mass is 79.9. The number of hydrogen-bond donors (Lipinski definition) is 1. The number of nitriles is 1. The molecule has 0 saturated carbocycles. The van der Waals surface area contributed by atoms with Gasteiger partial charge in [-0.05, 0) is 42.8 Å². The van der Waals surface area contributed by atoms with Crippen LogP contribution in [-0.2, 0) is 0 Å². The molecular formula is C18H13BrCl2N4S. The van der Waals surface area contributed by atoms with Crippen molar-refractivity contribution in [2.75, 3.05) is 5.43 Å². The van der Waals surface area contributed by atoms with E-state index in [0.29, 0.717) is 10.0 Å². The average Bonchev–Trinajstić information content (AvgIpc) is 3.06. The molecule has 132 valence electrons. The van der Waals surface area contributed by atoms with E-state index in [9.17, 15) is 5.26 Å². The molecule has 26 heavy (non-hydrogen) atoms. The zero-order chi connectivity index (χ0) is 17.8. The summed E-state index contributed by atoms with van der Waals surface area (Å²) < 4.78 is 0.974. The number of hydrogen-bond acceptors (Lipinski definition) is 5. The van der Waals surface area contributed by atoms with Gasteiger partial charge in [0.2, 0.25) is 0 Å². The van der Waals surface area contributed by atoms with Crippen LogP contribution in [0.15, 0.2) is 57.4 Å². The van der Waals surface area contributed by atoms with Crippen LogP contribution in [0.5, 0.6) is 0 Å². The van der Waals surface area contributed by atoms with E-state index in [4.69, 9.17) is 11.6 Å². The lowest BCUT2D eigenvalue weighted by Gasteiger charge is -2.02. The van der Waals surface area contributed by atoms with Gasteiger partial charge in [0.1, 0.15) is 6.07 Å². The Morgan fingerprint density at radius 3 is 2.65 bits per heavy atom. The summed E-state index contributed by atoms with van der Waals surface area (Å²) in [6.45, 7) is 1.98. The van der Waals surface area contributed by atoms with Crippen molar-refractivity contribution in [2.24, 2.45) is 5.10 Å². The molecule has 0 amide bonds. The Kier molecular flexibility index (Phi) is 7.18. The second-order valence-electron chi connectivity index (χ2n) is 5.21. The quantitative estimate of drug-likeness (QED) is 0.362. The molecule has 1 N–H and O–H groups in total. The third-order valence-electron chi connectivity index (χ3n) is 3.35. The highest BCUT2D eigenvalue weighted by Crippen LogP contribution is 2.29. The van der Waals surface area contributed by atoms with Gasteiger partial charge in [-0.2, -0.15) is 10.4 Å². The SMILES string of the molecule is Cc1ccc(-c2csc(C(C#N)=NNc3ccc(Br)cc3)n2)c(Cl)c1.Cl. The topological polar surface area (TPSA) is 61.1 Å². The van der Waals surface area contributed by atoms with E-state index in [1.54, 1.807) is 0 Å². The van der Waals surface area contributed by atoms with Crippen LogP contribution >= 0.6 is 51.3 Å². The Labute approximate surface area is 175 Å². The molecule has 0 atom stereocenters. The lowest BCUT2D eigenvalue weighted by molar-refractivity contribution is 1.31. The molecule has 0 spiro atoms. The normalized spacial score (nSPS) is 10.8. The summed E-state index contributed by atoms with van der Waals surface area (Å²) >= 11 is 11.0. The monoisotopic (exact) mass is 466 g/mol. The minimum atomic E-state index is 0. The van der Waals surface area contributed by atoms with E-state index in [2.05, 4.69) is 37.5 Å². The fourth-order valence-corrected chi connectivity index (χ4v) is 3.45. The molecule has 8 heteroatoms. The largest absolute Gasteiger partial charge is 0.277 e. The third-order valence-corrected chi connectivity index (χ3v) is 5.04. The van der Waals surface area contributed by atoms with Crippen LogP contribution in [-0.4, -0.2) is 10.7 Å². The molecule has 0 fully saturated rings. The number of nitrogens with one attached hydrogen (secondary N) is 1. The van der Waals surface area contributed by atoms with Crippen LogP contribution in [0.25, 0.3) is 11.3 Å². The van der Waals surface area contributed by atoms with E-state index in [0.717, 1.165) is 27.0 Å². The van der Waals surface area contributed by atoms with E-state index in [1.807, 2.05) is 54.8 Å². The van der Waals surface area contributed by atoms with Crippen molar-refractivity contribution in [2.45, 2.75) is 6.92 Å². The lowest BCUT2D eigenvalue weighted by atomic mass is 10.1. The van der Waals surface area contributed by atoms with Crippen molar-refractivity contribution in [3.8, 4) is 17.3 Å². The minimum Gasteiger partial charge on any atom is -0.277 e. The summed E-state index contributed by atoms with van der Waals surface area (Å²) in [5, 5.41) is 16.6. The van der Waals surface area contributed by atoms with Gasteiger partial charge in [0.05, 0.1) is 16.4 Å².